The maximum Gasteiger partial charge on any atom is 0.266 e. The van der Waals surface area contributed by atoms with E-state index in [0.717, 1.165) is 41.6 Å². The monoisotopic (exact) mass is 486 g/mol. The Morgan fingerprint density at radius 2 is 1.94 bits per heavy atom. The predicted molar refractivity (Wildman–Crippen MR) is 137 cm³/mol. The number of benzene rings is 2. The number of amides is 1. The van der Waals surface area contributed by atoms with Crippen molar-refractivity contribution in [2.45, 2.75) is 38.3 Å². The molecule has 4 aromatic rings. The van der Waals surface area contributed by atoms with E-state index in [1.54, 1.807) is 10.6 Å². The van der Waals surface area contributed by atoms with E-state index >= 15 is 0 Å². The van der Waals surface area contributed by atoms with Crippen LogP contribution in [0.15, 0.2) is 52.4 Å². The molecule has 0 fully saturated rings. The van der Waals surface area contributed by atoms with Gasteiger partial charge >= 0.3 is 0 Å². The Morgan fingerprint density at radius 3 is 2.71 bits per heavy atom. The van der Waals surface area contributed by atoms with E-state index in [9.17, 15) is 14.9 Å². The molecule has 2 aromatic heterocycles. The molecule has 8 heteroatoms. The molecule has 0 atom stereocenters. The Kier molecular flexibility index (Phi) is 5.98. The zero-order valence-corrected chi connectivity index (χ0v) is 20.5. The van der Waals surface area contributed by atoms with Gasteiger partial charge in [-0.25, -0.2) is 4.98 Å². The quantitative estimate of drug-likeness (QED) is 0.311. The van der Waals surface area contributed by atoms with Crippen molar-refractivity contribution in [2.75, 3.05) is 11.1 Å². The molecule has 2 aromatic carbocycles. The lowest BCUT2D eigenvalue weighted by molar-refractivity contribution is -0.113. The number of rotatable bonds is 5. The van der Waals surface area contributed by atoms with Crippen molar-refractivity contribution in [3.05, 3.63) is 79.9 Å². The lowest BCUT2D eigenvalue weighted by atomic mass is 10.1. The molecule has 5 rings (SSSR count). The van der Waals surface area contributed by atoms with Crippen LogP contribution in [-0.4, -0.2) is 21.2 Å². The van der Waals surface area contributed by atoms with Crippen molar-refractivity contribution in [2.24, 2.45) is 0 Å². The second-order valence-corrected chi connectivity index (χ2v) is 10.4. The molecule has 0 saturated carbocycles. The van der Waals surface area contributed by atoms with Gasteiger partial charge in [-0.05, 0) is 61.9 Å². The molecular weight excluding hydrogens is 464 g/mol. The summed E-state index contributed by atoms with van der Waals surface area (Å²) in [5.74, 6) is -0.153. The van der Waals surface area contributed by atoms with Gasteiger partial charge in [0.05, 0.1) is 27.9 Å². The maximum atomic E-state index is 13.5. The highest BCUT2D eigenvalue weighted by atomic mass is 32.2. The molecule has 2 heterocycles. The molecule has 1 aliphatic rings. The number of fused-ring (bicyclic) bond motifs is 2. The van der Waals surface area contributed by atoms with E-state index in [2.05, 4.69) is 11.4 Å². The molecule has 0 saturated heterocycles. The summed E-state index contributed by atoms with van der Waals surface area (Å²) in [6.45, 7) is 3.93. The number of anilines is 1. The minimum absolute atomic E-state index is 0.0726. The van der Waals surface area contributed by atoms with Gasteiger partial charge in [-0.1, -0.05) is 42.1 Å². The number of nitriles is 1. The average Bonchev–Trinajstić information content (AvgIpc) is 3.40. The van der Waals surface area contributed by atoms with Crippen LogP contribution in [0.2, 0.25) is 0 Å². The van der Waals surface area contributed by atoms with Crippen molar-refractivity contribution in [1.29, 1.82) is 5.26 Å². The highest BCUT2D eigenvalue weighted by Gasteiger charge is 2.23. The fraction of sp³-hybridized carbons (Fsp3) is 0.231. The summed E-state index contributed by atoms with van der Waals surface area (Å²) in [6, 6.07) is 15.4. The summed E-state index contributed by atoms with van der Waals surface area (Å²) in [5, 5.41) is 14.1. The number of nitrogens with one attached hydrogen (secondary N) is 1. The minimum Gasteiger partial charge on any atom is -0.316 e. The Balaban J connectivity index is 1.49. The van der Waals surface area contributed by atoms with Crippen LogP contribution in [0.4, 0.5) is 5.00 Å². The van der Waals surface area contributed by atoms with Crippen molar-refractivity contribution >= 4 is 44.9 Å². The first-order valence-electron chi connectivity index (χ1n) is 11.0. The highest BCUT2D eigenvalue weighted by Crippen LogP contribution is 2.38. The van der Waals surface area contributed by atoms with Gasteiger partial charge in [-0.3, -0.25) is 14.2 Å². The number of para-hydroxylation sites is 2. The zero-order chi connectivity index (χ0) is 23.8. The molecule has 1 N–H and O–H groups in total. The summed E-state index contributed by atoms with van der Waals surface area (Å²) in [7, 11) is 0. The Labute approximate surface area is 205 Å². The van der Waals surface area contributed by atoms with Gasteiger partial charge in [-0.2, -0.15) is 5.26 Å². The Morgan fingerprint density at radius 1 is 1.18 bits per heavy atom. The molecule has 34 heavy (non-hydrogen) atoms. The highest BCUT2D eigenvalue weighted by molar-refractivity contribution is 7.99. The molecule has 1 amide bonds. The largest absolute Gasteiger partial charge is 0.316 e. The number of carbonyl (C=O) groups excluding carboxylic acids is 1. The van der Waals surface area contributed by atoms with Gasteiger partial charge < -0.3 is 5.32 Å². The van der Waals surface area contributed by atoms with Crippen LogP contribution in [0.25, 0.3) is 16.6 Å². The number of aromatic nitrogens is 2. The van der Waals surface area contributed by atoms with E-state index in [1.165, 1.54) is 28.0 Å². The number of thioether (sulfide) groups is 1. The number of hydrogen-bond donors (Lipinski definition) is 1. The van der Waals surface area contributed by atoms with E-state index in [0.29, 0.717) is 26.6 Å². The third kappa shape index (κ3) is 3.91. The van der Waals surface area contributed by atoms with Gasteiger partial charge in [0.2, 0.25) is 5.91 Å². The SMILES string of the molecule is Cc1cccc(C)c1-n1c(SCC(=O)Nc2sc3c(c2C#N)CCC3)nc2ccccc2c1=O. The van der Waals surface area contributed by atoms with E-state index in [4.69, 9.17) is 4.98 Å². The molecule has 6 nitrogen and oxygen atoms in total. The molecule has 0 aliphatic heterocycles. The van der Waals surface area contributed by atoms with Crippen LogP contribution < -0.4 is 10.9 Å². The Hall–Kier alpha value is -3.41. The second-order valence-electron chi connectivity index (χ2n) is 8.30. The van der Waals surface area contributed by atoms with Crippen molar-refractivity contribution in [1.82, 2.24) is 9.55 Å². The average molecular weight is 487 g/mol. The first-order chi connectivity index (χ1) is 16.5. The third-order valence-corrected chi connectivity index (χ3v) is 8.17. The lowest BCUT2D eigenvalue weighted by Gasteiger charge is -2.17. The van der Waals surface area contributed by atoms with E-state index in [-0.39, 0.29) is 17.2 Å². The van der Waals surface area contributed by atoms with Crippen molar-refractivity contribution < 1.29 is 4.79 Å². The van der Waals surface area contributed by atoms with Gasteiger partial charge in [0.15, 0.2) is 5.16 Å². The molecule has 170 valence electrons. The van der Waals surface area contributed by atoms with Crippen LogP contribution in [-0.2, 0) is 17.6 Å². The lowest BCUT2D eigenvalue weighted by Crippen LogP contribution is -2.24. The normalized spacial score (nSPS) is 12.5. The summed E-state index contributed by atoms with van der Waals surface area (Å²) < 4.78 is 1.62. The van der Waals surface area contributed by atoms with Gasteiger partial charge in [0.1, 0.15) is 11.1 Å². The second kappa shape index (κ2) is 9.09. The predicted octanol–water partition coefficient (Wildman–Crippen LogP) is 5.16. The molecule has 1 aliphatic carbocycles. The number of hydrogen-bond acceptors (Lipinski definition) is 6. The number of nitrogens with zero attached hydrogens (tertiary/aromatic N) is 3. The topological polar surface area (TPSA) is 87.8 Å². The third-order valence-electron chi connectivity index (χ3n) is 6.03. The minimum atomic E-state index is -0.225. The standard InChI is InChI=1S/C26H22N4O2S2/c1-15-7-5-8-16(2)23(15)30-25(32)18-9-3-4-11-20(18)28-26(30)33-14-22(31)29-24-19(13-27)17-10-6-12-21(17)34-24/h3-5,7-9,11H,6,10,12,14H2,1-2H3,(H,29,31). The summed E-state index contributed by atoms with van der Waals surface area (Å²) in [4.78, 5) is 32.3. The van der Waals surface area contributed by atoms with Crippen LogP contribution in [0.5, 0.6) is 0 Å². The fourth-order valence-electron chi connectivity index (χ4n) is 4.47. The van der Waals surface area contributed by atoms with E-state index in [1.807, 2.05) is 50.2 Å². The van der Waals surface area contributed by atoms with Crippen molar-refractivity contribution in [3.8, 4) is 11.8 Å². The number of aryl methyl sites for hydroxylation is 3. The summed E-state index contributed by atoms with van der Waals surface area (Å²) in [5.41, 5.74) is 4.80. The molecular formula is C26H22N4O2S2. The maximum absolute atomic E-state index is 13.5. The zero-order valence-electron chi connectivity index (χ0n) is 18.8. The molecule has 0 radical (unpaired) electrons. The van der Waals surface area contributed by atoms with Crippen LogP contribution in [0.3, 0.4) is 0 Å². The van der Waals surface area contributed by atoms with Gasteiger partial charge in [0.25, 0.3) is 5.56 Å². The smallest absolute Gasteiger partial charge is 0.266 e. The molecule has 0 unspecified atom stereocenters. The summed E-state index contributed by atoms with van der Waals surface area (Å²) in [6.07, 6.45) is 2.91. The van der Waals surface area contributed by atoms with Crippen LogP contribution in [0, 0.1) is 25.2 Å². The Bertz CT molecular complexity index is 1520. The first kappa shape index (κ1) is 22.4. The van der Waals surface area contributed by atoms with E-state index < -0.39 is 0 Å². The van der Waals surface area contributed by atoms with Gasteiger partial charge in [-0.15, -0.1) is 11.3 Å². The van der Waals surface area contributed by atoms with Crippen LogP contribution >= 0.6 is 23.1 Å². The molecule has 0 bridgehead atoms. The van der Waals surface area contributed by atoms with Crippen molar-refractivity contribution in [3.63, 3.8) is 0 Å². The fourth-order valence-corrected chi connectivity index (χ4v) is 6.52. The number of thiophene rings is 1. The van der Waals surface area contributed by atoms with Crippen LogP contribution in [0.1, 0.15) is 33.6 Å². The van der Waals surface area contributed by atoms with Gasteiger partial charge in [0, 0.05) is 4.88 Å². The summed E-state index contributed by atoms with van der Waals surface area (Å²) >= 11 is 2.72. The molecule has 0 spiro atoms. The first-order valence-corrected chi connectivity index (χ1v) is 12.8. The number of carbonyl (C=O) groups is 1.